The molecule has 4 rings (SSSR count). The Morgan fingerprint density at radius 3 is 2.38 bits per heavy atom. The molecule has 2 aromatic carbocycles. The first-order valence-electron chi connectivity index (χ1n) is 8.47. The smallest absolute Gasteiger partial charge is 0.258 e. The molecule has 26 heavy (non-hydrogen) atoms. The number of morpholine rings is 1. The van der Waals surface area contributed by atoms with Gasteiger partial charge in [-0.05, 0) is 36.8 Å². The molecule has 0 spiro atoms. The number of nitrogens with zero attached hydrogens (tertiary/aromatic N) is 2. The largest absolute Gasteiger partial charge is 0.378 e. The number of ether oxygens (including phenoxy) is 1. The van der Waals surface area contributed by atoms with Gasteiger partial charge in [0.1, 0.15) is 17.5 Å². The summed E-state index contributed by atoms with van der Waals surface area (Å²) in [5, 5.41) is 0. The molecule has 0 saturated carbocycles. The molecule has 1 saturated heterocycles. The first kappa shape index (κ1) is 16.9. The number of hydrogen-bond donors (Lipinski definition) is 0. The fraction of sp³-hybridized carbons (Fsp3) is 0.316. The van der Waals surface area contributed by atoms with Crippen LogP contribution in [0.1, 0.15) is 15.9 Å². The van der Waals surface area contributed by atoms with Crippen molar-refractivity contribution in [1.29, 1.82) is 0 Å². The van der Waals surface area contributed by atoms with Crippen LogP contribution in [-0.2, 0) is 11.2 Å². The maximum absolute atomic E-state index is 14.5. The molecule has 0 unspecified atom stereocenters. The number of halogens is 3. The zero-order valence-corrected chi connectivity index (χ0v) is 14.0. The Balaban J connectivity index is 1.62. The normalized spacial score (nSPS) is 16.7. The second-order valence-corrected chi connectivity index (χ2v) is 6.33. The first-order chi connectivity index (χ1) is 12.6. The van der Waals surface area contributed by atoms with Gasteiger partial charge in [0.05, 0.1) is 24.6 Å². The highest BCUT2D eigenvalue weighted by Gasteiger charge is 2.31. The Kier molecular flexibility index (Phi) is 4.32. The molecule has 0 aliphatic carbocycles. The van der Waals surface area contributed by atoms with Crippen LogP contribution in [0, 0.1) is 17.5 Å². The van der Waals surface area contributed by atoms with Gasteiger partial charge >= 0.3 is 0 Å². The van der Waals surface area contributed by atoms with Crippen molar-refractivity contribution in [1.82, 2.24) is 0 Å². The van der Waals surface area contributed by atoms with Gasteiger partial charge in [-0.3, -0.25) is 4.79 Å². The summed E-state index contributed by atoms with van der Waals surface area (Å²) in [4.78, 5) is 15.8. The molecule has 2 aliphatic rings. The van der Waals surface area contributed by atoms with E-state index < -0.39 is 23.4 Å². The van der Waals surface area contributed by atoms with Crippen molar-refractivity contribution >= 4 is 17.3 Å². The van der Waals surface area contributed by atoms with Gasteiger partial charge < -0.3 is 14.5 Å². The number of benzene rings is 2. The van der Waals surface area contributed by atoms with Crippen molar-refractivity contribution in [2.75, 3.05) is 42.6 Å². The minimum atomic E-state index is -0.655. The van der Waals surface area contributed by atoms with Crippen LogP contribution in [0.4, 0.5) is 24.5 Å². The van der Waals surface area contributed by atoms with Crippen molar-refractivity contribution in [3.8, 4) is 0 Å². The molecule has 1 fully saturated rings. The summed E-state index contributed by atoms with van der Waals surface area (Å²) in [5.74, 6) is -2.25. The number of carbonyl (C=O) groups excluding carboxylic acids is 1. The first-order valence-corrected chi connectivity index (χ1v) is 8.47. The molecule has 1 amide bonds. The number of rotatable bonds is 2. The second-order valence-electron chi connectivity index (χ2n) is 6.33. The highest BCUT2D eigenvalue weighted by atomic mass is 19.1. The summed E-state index contributed by atoms with van der Waals surface area (Å²) >= 11 is 0. The van der Waals surface area contributed by atoms with Gasteiger partial charge in [-0.1, -0.05) is 0 Å². The molecule has 0 N–H and O–H groups in total. The van der Waals surface area contributed by atoms with Gasteiger partial charge in [0.2, 0.25) is 0 Å². The van der Waals surface area contributed by atoms with Crippen LogP contribution >= 0.6 is 0 Å². The number of hydrogen-bond acceptors (Lipinski definition) is 3. The molecule has 2 aliphatic heterocycles. The van der Waals surface area contributed by atoms with Crippen LogP contribution in [0.3, 0.4) is 0 Å². The molecule has 0 atom stereocenters. The third kappa shape index (κ3) is 2.82. The van der Waals surface area contributed by atoms with E-state index in [0.717, 1.165) is 18.2 Å². The summed E-state index contributed by atoms with van der Waals surface area (Å²) < 4.78 is 47.8. The van der Waals surface area contributed by atoms with Crippen molar-refractivity contribution in [3.63, 3.8) is 0 Å². The molecule has 2 heterocycles. The topological polar surface area (TPSA) is 32.8 Å². The number of amides is 1. The predicted molar refractivity (Wildman–Crippen MR) is 91.2 cm³/mol. The Bertz CT molecular complexity index is 866. The van der Waals surface area contributed by atoms with Gasteiger partial charge in [0.25, 0.3) is 5.91 Å². The Hall–Kier alpha value is -2.54. The van der Waals surface area contributed by atoms with E-state index in [1.165, 1.54) is 11.0 Å². The van der Waals surface area contributed by atoms with Gasteiger partial charge in [0.15, 0.2) is 0 Å². The third-order valence-electron chi connectivity index (χ3n) is 4.82. The van der Waals surface area contributed by atoms with Crippen LogP contribution in [0.15, 0.2) is 30.3 Å². The van der Waals surface area contributed by atoms with Crippen molar-refractivity contribution in [3.05, 3.63) is 58.9 Å². The van der Waals surface area contributed by atoms with Crippen LogP contribution in [-0.4, -0.2) is 38.8 Å². The maximum Gasteiger partial charge on any atom is 0.258 e. The fourth-order valence-electron chi connectivity index (χ4n) is 3.51. The van der Waals surface area contributed by atoms with Crippen molar-refractivity contribution in [2.45, 2.75) is 6.42 Å². The lowest BCUT2D eigenvalue weighted by atomic mass is 10.1. The van der Waals surface area contributed by atoms with Gasteiger partial charge in [0, 0.05) is 30.8 Å². The van der Waals surface area contributed by atoms with E-state index in [0.29, 0.717) is 32.0 Å². The van der Waals surface area contributed by atoms with Crippen LogP contribution in [0.25, 0.3) is 0 Å². The number of carbonyl (C=O) groups is 1. The van der Waals surface area contributed by atoms with E-state index >= 15 is 0 Å². The lowest BCUT2D eigenvalue weighted by Crippen LogP contribution is -2.37. The van der Waals surface area contributed by atoms with Crippen molar-refractivity contribution in [2.24, 2.45) is 0 Å². The summed E-state index contributed by atoms with van der Waals surface area (Å²) in [7, 11) is 0. The molecule has 136 valence electrons. The van der Waals surface area contributed by atoms with Crippen LogP contribution in [0.2, 0.25) is 0 Å². The molecule has 2 aromatic rings. The summed E-state index contributed by atoms with van der Waals surface area (Å²) in [6, 6.07) is 6.28. The molecule has 7 heteroatoms. The molecule has 0 aromatic heterocycles. The van der Waals surface area contributed by atoms with E-state index in [4.69, 9.17) is 4.74 Å². The molecule has 0 bridgehead atoms. The predicted octanol–water partition coefficient (Wildman–Crippen LogP) is 3.14. The second kappa shape index (κ2) is 6.64. The molecule has 4 nitrogen and oxygen atoms in total. The van der Waals surface area contributed by atoms with Crippen LogP contribution in [0.5, 0.6) is 0 Å². The summed E-state index contributed by atoms with van der Waals surface area (Å²) in [5.41, 5.74) is 0.649. The zero-order valence-electron chi connectivity index (χ0n) is 14.0. The molecule has 0 radical (unpaired) electrons. The Morgan fingerprint density at radius 2 is 1.65 bits per heavy atom. The minimum absolute atomic E-state index is 0.0485. The maximum atomic E-state index is 14.5. The summed E-state index contributed by atoms with van der Waals surface area (Å²) in [6.45, 7) is 2.37. The van der Waals surface area contributed by atoms with Gasteiger partial charge in [-0.25, -0.2) is 13.2 Å². The van der Waals surface area contributed by atoms with E-state index in [1.807, 2.05) is 4.90 Å². The van der Waals surface area contributed by atoms with E-state index in [2.05, 4.69) is 0 Å². The minimum Gasteiger partial charge on any atom is -0.378 e. The van der Waals surface area contributed by atoms with E-state index in [1.54, 1.807) is 6.07 Å². The summed E-state index contributed by atoms with van der Waals surface area (Å²) in [6.07, 6.45) is 0.235. The van der Waals surface area contributed by atoms with E-state index in [-0.39, 0.29) is 29.8 Å². The lowest BCUT2D eigenvalue weighted by Gasteiger charge is -2.29. The fourth-order valence-corrected chi connectivity index (χ4v) is 3.51. The molecular formula is C19H17F3N2O2. The monoisotopic (exact) mass is 362 g/mol. The Morgan fingerprint density at radius 1 is 0.923 bits per heavy atom. The number of fused-ring (bicyclic) bond motifs is 1. The third-order valence-corrected chi connectivity index (χ3v) is 4.82. The van der Waals surface area contributed by atoms with E-state index in [9.17, 15) is 18.0 Å². The van der Waals surface area contributed by atoms with Crippen molar-refractivity contribution < 1.29 is 22.7 Å². The zero-order chi connectivity index (χ0) is 18.3. The van der Waals surface area contributed by atoms with Gasteiger partial charge in [-0.2, -0.15) is 0 Å². The van der Waals surface area contributed by atoms with Gasteiger partial charge in [-0.15, -0.1) is 0 Å². The SMILES string of the molecule is O=C(c1ccc(N2CCOCC2)c(F)c1)N1CCc2c(F)ccc(F)c21. The highest BCUT2D eigenvalue weighted by Crippen LogP contribution is 2.34. The Labute approximate surface area is 148 Å². The standard InChI is InChI=1S/C19H17F3N2O2/c20-14-2-3-15(21)18-13(14)5-6-24(18)19(25)12-1-4-17(16(22)11-12)23-7-9-26-10-8-23/h1-4,11H,5-10H2. The quantitative estimate of drug-likeness (QED) is 0.823. The average molecular weight is 362 g/mol. The average Bonchev–Trinajstić information content (AvgIpc) is 3.11. The number of anilines is 2. The molecular weight excluding hydrogens is 345 g/mol. The highest BCUT2D eigenvalue weighted by molar-refractivity contribution is 6.07. The lowest BCUT2D eigenvalue weighted by molar-refractivity contribution is 0.0988. The van der Waals surface area contributed by atoms with Crippen LogP contribution < -0.4 is 9.80 Å².